The second-order valence-corrected chi connectivity index (χ2v) is 3.65. The van der Waals surface area contributed by atoms with Crippen LogP contribution in [0.1, 0.15) is 6.92 Å². The van der Waals surface area contributed by atoms with E-state index in [0.29, 0.717) is 22.5 Å². The van der Waals surface area contributed by atoms with Crippen molar-refractivity contribution in [3.63, 3.8) is 0 Å². The number of aliphatic hydroxyl groups is 1. The van der Waals surface area contributed by atoms with Gasteiger partial charge in [-0.3, -0.25) is 0 Å². The molecule has 6 heteroatoms. The van der Waals surface area contributed by atoms with Crippen molar-refractivity contribution in [1.29, 1.82) is 0 Å². The van der Waals surface area contributed by atoms with Crippen molar-refractivity contribution >= 4 is 23.4 Å². The summed E-state index contributed by atoms with van der Waals surface area (Å²) in [7, 11) is 0. The van der Waals surface area contributed by atoms with E-state index in [4.69, 9.17) is 16.6 Å². The van der Waals surface area contributed by atoms with Crippen LogP contribution in [-0.2, 0) is 0 Å². The summed E-state index contributed by atoms with van der Waals surface area (Å²) in [6, 6.07) is 1.49. The molecular weight excluding hydrogens is 188 g/mol. The number of thioether (sulfide) groups is 1. The Bertz CT molecular complexity index is 272. The van der Waals surface area contributed by atoms with Gasteiger partial charge in [0.2, 0.25) is 0 Å². The lowest BCUT2D eigenvalue weighted by Gasteiger charge is -2.03. The van der Waals surface area contributed by atoms with Crippen LogP contribution in [0.4, 0.5) is 11.6 Å². The van der Waals surface area contributed by atoms with Gasteiger partial charge >= 0.3 is 0 Å². The third kappa shape index (κ3) is 3.47. The number of hydrogen-bond donors (Lipinski definition) is 3. The van der Waals surface area contributed by atoms with Gasteiger partial charge in [-0.25, -0.2) is 9.97 Å². The molecule has 1 heterocycles. The van der Waals surface area contributed by atoms with E-state index < -0.39 is 6.10 Å². The Morgan fingerprint density at radius 2 is 2.00 bits per heavy atom. The molecule has 1 aromatic heterocycles. The Hall–Kier alpha value is -1.01. The molecule has 0 aliphatic heterocycles. The van der Waals surface area contributed by atoms with Crippen molar-refractivity contribution in [2.24, 2.45) is 0 Å². The third-order valence-electron chi connectivity index (χ3n) is 1.20. The van der Waals surface area contributed by atoms with Crippen LogP contribution in [0.15, 0.2) is 11.2 Å². The van der Waals surface area contributed by atoms with Crippen molar-refractivity contribution in [3.8, 4) is 0 Å². The van der Waals surface area contributed by atoms with Gasteiger partial charge in [0.1, 0.15) is 11.6 Å². The topological polar surface area (TPSA) is 98.0 Å². The smallest absolute Gasteiger partial charge is 0.191 e. The number of rotatable bonds is 3. The molecule has 5 N–H and O–H groups in total. The van der Waals surface area contributed by atoms with Gasteiger partial charge in [0.25, 0.3) is 0 Å². The van der Waals surface area contributed by atoms with Gasteiger partial charge in [-0.2, -0.15) is 0 Å². The van der Waals surface area contributed by atoms with E-state index in [1.165, 1.54) is 17.8 Å². The lowest BCUT2D eigenvalue weighted by molar-refractivity contribution is 0.220. The molecule has 0 saturated heterocycles. The van der Waals surface area contributed by atoms with Crippen molar-refractivity contribution in [3.05, 3.63) is 6.07 Å². The molecule has 1 unspecified atom stereocenters. The van der Waals surface area contributed by atoms with Crippen molar-refractivity contribution in [1.82, 2.24) is 9.97 Å². The van der Waals surface area contributed by atoms with Crippen molar-refractivity contribution in [2.75, 3.05) is 17.2 Å². The molecule has 0 radical (unpaired) electrons. The zero-order chi connectivity index (χ0) is 9.84. The van der Waals surface area contributed by atoms with Crippen LogP contribution in [0, 0.1) is 0 Å². The maximum Gasteiger partial charge on any atom is 0.191 e. The highest BCUT2D eigenvalue weighted by Crippen LogP contribution is 2.16. The average Bonchev–Trinajstić information content (AvgIpc) is 1.99. The van der Waals surface area contributed by atoms with E-state index in [2.05, 4.69) is 9.97 Å². The minimum absolute atomic E-state index is 0.348. The molecule has 1 atom stereocenters. The summed E-state index contributed by atoms with van der Waals surface area (Å²) in [4.78, 5) is 7.89. The number of nitrogens with two attached hydrogens (primary N) is 2. The molecule has 0 aliphatic carbocycles. The lowest BCUT2D eigenvalue weighted by Crippen LogP contribution is -2.05. The number of aromatic nitrogens is 2. The Kier molecular flexibility index (Phi) is 3.32. The molecule has 0 amide bonds. The monoisotopic (exact) mass is 200 g/mol. The third-order valence-corrected chi connectivity index (χ3v) is 2.29. The molecule has 1 aromatic rings. The van der Waals surface area contributed by atoms with Crippen molar-refractivity contribution in [2.45, 2.75) is 18.2 Å². The fraction of sp³-hybridized carbons (Fsp3) is 0.429. The first kappa shape index (κ1) is 10.1. The molecule has 0 aromatic carbocycles. The lowest BCUT2D eigenvalue weighted by atomic mass is 10.5. The van der Waals surface area contributed by atoms with Crippen LogP contribution in [0.25, 0.3) is 0 Å². The van der Waals surface area contributed by atoms with E-state index in [-0.39, 0.29) is 0 Å². The average molecular weight is 200 g/mol. The van der Waals surface area contributed by atoms with Gasteiger partial charge in [0, 0.05) is 11.8 Å². The molecule has 0 saturated carbocycles. The van der Waals surface area contributed by atoms with Crippen molar-refractivity contribution < 1.29 is 5.11 Å². The first-order valence-corrected chi connectivity index (χ1v) is 4.77. The van der Waals surface area contributed by atoms with E-state index >= 15 is 0 Å². The minimum Gasteiger partial charge on any atom is -0.393 e. The van der Waals surface area contributed by atoms with E-state index in [0.717, 1.165) is 0 Å². The van der Waals surface area contributed by atoms with E-state index in [1.807, 2.05) is 0 Å². The Balaban J connectivity index is 2.66. The highest BCUT2D eigenvalue weighted by molar-refractivity contribution is 7.99. The van der Waals surface area contributed by atoms with Crippen LogP contribution in [-0.4, -0.2) is 26.9 Å². The second kappa shape index (κ2) is 4.29. The molecular formula is C7H12N4OS. The number of nitrogens with zero attached hydrogens (tertiary/aromatic N) is 2. The van der Waals surface area contributed by atoms with Gasteiger partial charge in [-0.05, 0) is 6.92 Å². The highest BCUT2D eigenvalue weighted by Gasteiger charge is 2.03. The normalized spacial score (nSPS) is 12.8. The SMILES string of the molecule is CC(O)CSc1nc(N)cc(N)n1. The fourth-order valence-corrected chi connectivity index (χ4v) is 1.45. The van der Waals surface area contributed by atoms with Gasteiger partial charge in [-0.1, -0.05) is 11.8 Å². The molecule has 72 valence electrons. The standard InChI is InChI=1S/C7H12N4OS/c1-4(12)3-13-7-10-5(8)2-6(9)11-7/h2,4,12H,3H2,1H3,(H4,8,9,10,11). The number of aliphatic hydroxyl groups excluding tert-OH is 1. The number of anilines is 2. The summed E-state index contributed by atoms with van der Waals surface area (Å²) >= 11 is 1.32. The van der Waals surface area contributed by atoms with Crippen LogP contribution in [0.5, 0.6) is 0 Å². The molecule has 13 heavy (non-hydrogen) atoms. The predicted octanol–water partition coefficient (Wildman–Crippen LogP) is 0.114. The first-order valence-electron chi connectivity index (χ1n) is 3.79. The summed E-state index contributed by atoms with van der Waals surface area (Å²) in [6.07, 6.45) is -0.392. The van der Waals surface area contributed by atoms with Crippen LogP contribution in [0.2, 0.25) is 0 Å². The highest BCUT2D eigenvalue weighted by atomic mass is 32.2. The van der Waals surface area contributed by atoms with Gasteiger partial charge < -0.3 is 16.6 Å². The zero-order valence-corrected chi connectivity index (χ0v) is 8.08. The maximum atomic E-state index is 9.01. The van der Waals surface area contributed by atoms with E-state index in [9.17, 15) is 0 Å². The quantitative estimate of drug-likeness (QED) is 0.473. The summed E-state index contributed by atoms with van der Waals surface area (Å²) in [5.74, 6) is 1.23. The molecule has 0 aliphatic rings. The Morgan fingerprint density at radius 3 is 2.46 bits per heavy atom. The van der Waals surface area contributed by atoms with Gasteiger partial charge in [0.15, 0.2) is 5.16 Å². The van der Waals surface area contributed by atoms with Crippen LogP contribution in [0.3, 0.4) is 0 Å². The largest absolute Gasteiger partial charge is 0.393 e. The maximum absolute atomic E-state index is 9.01. The molecule has 0 bridgehead atoms. The summed E-state index contributed by atoms with van der Waals surface area (Å²) in [6.45, 7) is 1.70. The Labute approximate surface area is 80.6 Å². The van der Waals surface area contributed by atoms with Crippen LogP contribution >= 0.6 is 11.8 Å². The summed E-state index contributed by atoms with van der Waals surface area (Å²) < 4.78 is 0. The number of hydrogen-bond acceptors (Lipinski definition) is 6. The summed E-state index contributed by atoms with van der Waals surface area (Å²) in [5.41, 5.74) is 10.9. The van der Waals surface area contributed by atoms with Gasteiger partial charge in [0.05, 0.1) is 6.10 Å². The van der Waals surface area contributed by atoms with Crippen LogP contribution < -0.4 is 11.5 Å². The number of nitrogen functional groups attached to an aromatic ring is 2. The zero-order valence-electron chi connectivity index (χ0n) is 7.27. The molecule has 1 rings (SSSR count). The molecule has 0 fully saturated rings. The fourth-order valence-electron chi connectivity index (χ4n) is 0.722. The molecule has 5 nitrogen and oxygen atoms in total. The first-order chi connectivity index (χ1) is 6.08. The molecule has 0 spiro atoms. The predicted molar refractivity (Wildman–Crippen MR) is 53.3 cm³/mol. The van der Waals surface area contributed by atoms with E-state index in [1.54, 1.807) is 6.92 Å². The van der Waals surface area contributed by atoms with Gasteiger partial charge in [-0.15, -0.1) is 0 Å². The second-order valence-electron chi connectivity index (χ2n) is 2.66. The minimum atomic E-state index is -0.392. The summed E-state index contributed by atoms with van der Waals surface area (Å²) in [5, 5.41) is 9.51. The Morgan fingerprint density at radius 1 is 1.46 bits per heavy atom.